The standard InChI is InChI=1S/C24H40N4O2.HI/c1-4-25-24(26-13-9-19(2)21-5-7-23(29-3)8-6-21)27-22-10-14-28(15-11-22)17-20-12-16-30-18-20;/h5-8,19-20,22H,4,9-18H2,1-3H3,(H2,25,26,27);1H. The van der Waals surface area contributed by atoms with E-state index in [0.29, 0.717) is 12.0 Å². The molecule has 0 aromatic heterocycles. The van der Waals surface area contributed by atoms with E-state index < -0.39 is 0 Å². The molecule has 2 saturated heterocycles. The Kier molecular flexibility index (Phi) is 12.0. The number of aliphatic imine (C=N–C) groups is 1. The molecule has 0 spiro atoms. The summed E-state index contributed by atoms with van der Waals surface area (Å²) in [5, 5.41) is 7.09. The highest BCUT2D eigenvalue weighted by molar-refractivity contribution is 14.0. The van der Waals surface area contributed by atoms with Crippen LogP contribution in [0.4, 0.5) is 0 Å². The minimum Gasteiger partial charge on any atom is -0.497 e. The first-order chi connectivity index (χ1) is 14.7. The highest BCUT2D eigenvalue weighted by Gasteiger charge is 2.24. The predicted octanol–water partition coefficient (Wildman–Crippen LogP) is 3.86. The Labute approximate surface area is 205 Å². The molecule has 6 nitrogen and oxygen atoms in total. The molecule has 2 atom stereocenters. The van der Waals surface area contributed by atoms with Crippen LogP contribution >= 0.6 is 24.0 Å². The Morgan fingerprint density at radius 3 is 2.58 bits per heavy atom. The fourth-order valence-electron chi connectivity index (χ4n) is 4.33. The van der Waals surface area contributed by atoms with E-state index in [1.165, 1.54) is 44.5 Å². The molecule has 176 valence electrons. The van der Waals surface area contributed by atoms with Gasteiger partial charge in [-0.2, -0.15) is 0 Å². The fourth-order valence-corrected chi connectivity index (χ4v) is 4.33. The third-order valence-electron chi connectivity index (χ3n) is 6.33. The van der Waals surface area contributed by atoms with Gasteiger partial charge in [-0.05, 0) is 62.1 Å². The van der Waals surface area contributed by atoms with Gasteiger partial charge in [0.1, 0.15) is 5.75 Å². The number of hydrogen-bond donors (Lipinski definition) is 2. The zero-order valence-corrected chi connectivity index (χ0v) is 21.8. The number of nitrogens with zero attached hydrogens (tertiary/aromatic N) is 2. The molecular formula is C24H41IN4O2. The molecule has 2 aliphatic rings. The van der Waals surface area contributed by atoms with Crippen molar-refractivity contribution < 1.29 is 9.47 Å². The summed E-state index contributed by atoms with van der Waals surface area (Å²) in [6, 6.07) is 8.89. The zero-order valence-electron chi connectivity index (χ0n) is 19.4. The summed E-state index contributed by atoms with van der Waals surface area (Å²) in [7, 11) is 1.71. The minimum atomic E-state index is 0. The van der Waals surface area contributed by atoms with Gasteiger partial charge >= 0.3 is 0 Å². The second-order valence-corrected chi connectivity index (χ2v) is 8.67. The Balaban J connectivity index is 0.00000341. The summed E-state index contributed by atoms with van der Waals surface area (Å²) in [6.45, 7) is 11.5. The number of hydrogen-bond acceptors (Lipinski definition) is 4. The largest absolute Gasteiger partial charge is 0.497 e. The van der Waals surface area contributed by atoms with E-state index >= 15 is 0 Å². The van der Waals surface area contributed by atoms with Crippen molar-refractivity contribution in [3.63, 3.8) is 0 Å². The second kappa shape index (κ2) is 14.2. The van der Waals surface area contributed by atoms with E-state index in [1.54, 1.807) is 7.11 Å². The van der Waals surface area contributed by atoms with Crippen molar-refractivity contribution in [1.29, 1.82) is 0 Å². The first-order valence-electron chi connectivity index (χ1n) is 11.7. The number of piperidine rings is 1. The maximum Gasteiger partial charge on any atom is 0.191 e. The van der Waals surface area contributed by atoms with Crippen LogP contribution < -0.4 is 15.4 Å². The van der Waals surface area contributed by atoms with Crippen LogP contribution in [0.2, 0.25) is 0 Å². The lowest BCUT2D eigenvalue weighted by atomic mass is 9.98. The predicted molar refractivity (Wildman–Crippen MR) is 139 cm³/mol. The summed E-state index contributed by atoms with van der Waals surface area (Å²) >= 11 is 0. The Morgan fingerprint density at radius 1 is 1.23 bits per heavy atom. The van der Waals surface area contributed by atoms with Gasteiger partial charge in [0.2, 0.25) is 0 Å². The third-order valence-corrected chi connectivity index (χ3v) is 6.33. The minimum absolute atomic E-state index is 0. The molecule has 2 aliphatic heterocycles. The molecule has 31 heavy (non-hydrogen) atoms. The monoisotopic (exact) mass is 544 g/mol. The third kappa shape index (κ3) is 8.77. The van der Waals surface area contributed by atoms with E-state index in [1.807, 2.05) is 12.1 Å². The van der Waals surface area contributed by atoms with Gasteiger partial charge in [-0.3, -0.25) is 4.99 Å². The van der Waals surface area contributed by atoms with Crippen LogP contribution in [0, 0.1) is 5.92 Å². The van der Waals surface area contributed by atoms with Gasteiger partial charge in [-0.25, -0.2) is 0 Å². The highest BCUT2D eigenvalue weighted by Crippen LogP contribution is 2.22. The maximum absolute atomic E-state index is 5.52. The molecule has 2 fully saturated rings. The summed E-state index contributed by atoms with van der Waals surface area (Å²) in [4.78, 5) is 7.46. The number of guanidine groups is 1. The lowest BCUT2D eigenvalue weighted by molar-refractivity contribution is 0.150. The number of methoxy groups -OCH3 is 1. The zero-order chi connectivity index (χ0) is 21.2. The average Bonchev–Trinajstić information content (AvgIpc) is 3.28. The molecule has 2 heterocycles. The SMILES string of the molecule is CCNC(=NCCC(C)c1ccc(OC)cc1)NC1CCN(CC2CCOC2)CC1.I. The fraction of sp³-hybridized carbons (Fsp3) is 0.708. The van der Waals surface area contributed by atoms with Crippen molar-refractivity contribution in [3.05, 3.63) is 29.8 Å². The van der Waals surface area contributed by atoms with E-state index in [0.717, 1.165) is 50.4 Å². The number of nitrogens with one attached hydrogen (secondary N) is 2. The van der Waals surface area contributed by atoms with Crippen LogP contribution in [0.3, 0.4) is 0 Å². The molecule has 3 rings (SSSR count). The van der Waals surface area contributed by atoms with E-state index in [-0.39, 0.29) is 24.0 Å². The van der Waals surface area contributed by atoms with Crippen molar-refractivity contribution in [2.24, 2.45) is 10.9 Å². The van der Waals surface area contributed by atoms with Crippen molar-refractivity contribution >= 4 is 29.9 Å². The van der Waals surface area contributed by atoms with Crippen LogP contribution in [0.25, 0.3) is 0 Å². The Morgan fingerprint density at radius 2 is 1.97 bits per heavy atom. The number of benzene rings is 1. The van der Waals surface area contributed by atoms with E-state index in [2.05, 4.69) is 41.5 Å². The molecule has 2 unspecified atom stereocenters. The molecule has 0 aliphatic carbocycles. The van der Waals surface area contributed by atoms with Crippen LogP contribution in [-0.2, 0) is 4.74 Å². The summed E-state index contributed by atoms with van der Waals surface area (Å²) < 4.78 is 10.8. The van der Waals surface area contributed by atoms with Gasteiger partial charge in [0.05, 0.1) is 13.7 Å². The first kappa shape index (κ1) is 26.2. The molecule has 0 saturated carbocycles. The van der Waals surface area contributed by atoms with Crippen molar-refractivity contribution in [1.82, 2.24) is 15.5 Å². The number of rotatable bonds is 9. The molecule has 1 aromatic carbocycles. The van der Waals surface area contributed by atoms with E-state index in [4.69, 9.17) is 14.5 Å². The average molecular weight is 545 g/mol. The molecule has 2 N–H and O–H groups in total. The lowest BCUT2D eigenvalue weighted by Crippen LogP contribution is -2.49. The van der Waals surface area contributed by atoms with Gasteiger partial charge in [0.15, 0.2) is 5.96 Å². The maximum atomic E-state index is 5.52. The van der Waals surface area contributed by atoms with E-state index in [9.17, 15) is 0 Å². The highest BCUT2D eigenvalue weighted by atomic mass is 127. The van der Waals surface area contributed by atoms with Crippen molar-refractivity contribution in [2.75, 3.05) is 53.0 Å². The Hall–Kier alpha value is -1.06. The molecule has 1 aromatic rings. The number of ether oxygens (including phenoxy) is 2. The van der Waals surface area contributed by atoms with Gasteiger partial charge in [0, 0.05) is 45.4 Å². The van der Waals surface area contributed by atoms with Crippen LogP contribution in [0.5, 0.6) is 5.75 Å². The van der Waals surface area contributed by atoms with Crippen molar-refractivity contribution in [3.8, 4) is 5.75 Å². The van der Waals surface area contributed by atoms with Crippen LogP contribution in [-0.4, -0.2) is 69.9 Å². The first-order valence-corrected chi connectivity index (χ1v) is 11.7. The summed E-state index contributed by atoms with van der Waals surface area (Å²) in [5.74, 6) is 3.08. The van der Waals surface area contributed by atoms with Gasteiger partial charge in [0.25, 0.3) is 0 Å². The summed E-state index contributed by atoms with van der Waals surface area (Å²) in [6.07, 6.45) is 4.62. The molecule has 0 bridgehead atoms. The molecule has 7 heteroatoms. The molecule has 0 amide bonds. The number of likely N-dealkylation sites (tertiary alicyclic amines) is 1. The number of halogens is 1. The lowest BCUT2D eigenvalue weighted by Gasteiger charge is -2.34. The van der Waals surface area contributed by atoms with Crippen molar-refractivity contribution in [2.45, 2.75) is 51.5 Å². The quantitative estimate of drug-likeness (QED) is 0.281. The van der Waals surface area contributed by atoms with Gasteiger partial charge in [-0.15, -0.1) is 24.0 Å². The van der Waals surface area contributed by atoms with Crippen LogP contribution in [0.15, 0.2) is 29.3 Å². The second-order valence-electron chi connectivity index (χ2n) is 8.67. The smallest absolute Gasteiger partial charge is 0.191 e. The van der Waals surface area contributed by atoms with Crippen LogP contribution in [0.1, 0.15) is 51.0 Å². The topological polar surface area (TPSA) is 58.1 Å². The van der Waals surface area contributed by atoms with Gasteiger partial charge in [-0.1, -0.05) is 19.1 Å². The molecular weight excluding hydrogens is 503 g/mol. The molecule has 0 radical (unpaired) electrons. The Bertz CT molecular complexity index is 641. The summed E-state index contributed by atoms with van der Waals surface area (Å²) in [5.41, 5.74) is 1.34. The normalized spacial score (nSPS) is 21.4. The van der Waals surface area contributed by atoms with Gasteiger partial charge < -0.3 is 25.0 Å².